The molecule has 0 radical (unpaired) electrons. The molecule has 0 spiro atoms. The van der Waals surface area contributed by atoms with E-state index in [1.165, 1.54) is 17.8 Å². The molecule has 0 aromatic carbocycles. The Balaban J connectivity index is 1.81. The first-order chi connectivity index (χ1) is 15.0. The number of fused-ring (bicyclic) bond motifs is 1. The summed E-state index contributed by atoms with van der Waals surface area (Å²) >= 11 is 0. The van der Waals surface area contributed by atoms with Crippen LogP contribution in [0.25, 0.3) is 11.2 Å². The normalized spacial score (nSPS) is 32.0. The second-order valence-corrected chi connectivity index (χ2v) is 12.0. The number of nitrogens with two attached hydrogens (primary N) is 1. The first-order valence-electron chi connectivity index (χ1n) is 9.03. The highest BCUT2D eigenvalue weighted by molar-refractivity contribution is 7.66. The summed E-state index contributed by atoms with van der Waals surface area (Å²) in [5, 5.41) is 10.6. The van der Waals surface area contributed by atoms with Crippen molar-refractivity contribution in [1.29, 1.82) is 0 Å². The van der Waals surface area contributed by atoms with Crippen LogP contribution in [-0.4, -0.2) is 62.6 Å². The minimum Gasteiger partial charge on any atom is -0.389 e. The van der Waals surface area contributed by atoms with Gasteiger partial charge in [0.2, 0.25) is 0 Å². The largest absolute Gasteiger partial charge is 0.490 e. The number of hydrogen-bond acceptors (Lipinski definition) is 11. The number of hydrogen-bond donors (Lipinski definition) is 6. The summed E-state index contributed by atoms with van der Waals surface area (Å²) in [4.78, 5) is 47.9. The average molecular weight is 535 g/mol. The van der Waals surface area contributed by atoms with Crippen LogP contribution < -0.4 is 5.73 Å². The Bertz CT molecular complexity index is 1190. The van der Waals surface area contributed by atoms with Gasteiger partial charge in [0.15, 0.2) is 17.1 Å². The molecular weight excluding hydrogens is 514 g/mol. The third-order valence-corrected chi connectivity index (χ3v) is 9.07. The molecular formula is C13H21FN5O11P3. The van der Waals surface area contributed by atoms with Crippen molar-refractivity contribution in [2.45, 2.75) is 31.7 Å². The fraction of sp³-hybridized carbons (Fsp3) is 0.615. The molecule has 1 aliphatic rings. The van der Waals surface area contributed by atoms with Crippen LogP contribution in [0, 0.1) is 11.8 Å². The molecule has 3 rings (SSSR count). The van der Waals surface area contributed by atoms with Gasteiger partial charge in [-0.2, -0.15) is 8.62 Å². The standard InChI is InChI=1S/C13H21FN5O11P3/c1-6-7(3-28-32(24,25)30-33(26,27)29-31(21,22)23)10(20)13(2,14)9(6)19-5-18-8-11(15)16-4-17-12(8)19/h4-7,9-10,20H,3H2,1-2H3,(H,24,25)(H,26,27)(H2,15,16,17)(H2,21,22,23)/t6-,7+,9-,10-,13+/m1/s1. The van der Waals surface area contributed by atoms with Crippen LogP contribution in [0.3, 0.4) is 0 Å². The fourth-order valence-corrected chi connectivity index (χ4v) is 7.01. The van der Waals surface area contributed by atoms with E-state index < -0.39 is 59.7 Å². The van der Waals surface area contributed by atoms with Gasteiger partial charge in [-0.15, -0.1) is 0 Å². The zero-order chi connectivity index (χ0) is 25.0. The van der Waals surface area contributed by atoms with Crippen LogP contribution in [0.4, 0.5) is 10.2 Å². The molecule has 7 atom stereocenters. The maximum atomic E-state index is 15.7. The van der Waals surface area contributed by atoms with Gasteiger partial charge in [-0.1, -0.05) is 6.92 Å². The summed E-state index contributed by atoms with van der Waals surface area (Å²) in [5.41, 5.74) is 3.81. The summed E-state index contributed by atoms with van der Waals surface area (Å²) in [5.74, 6) is -1.88. The number of alkyl halides is 1. The second kappa shape index (κ2) is 8.70. The molecule has 0 saturated heterocycles. The van der Waals surface area contributed by atoms with Crippen LogP contribution in [0.2, 0.25) is 0 Å². The van der Waals surface area contributed by atoms with E-state index in [0.29, 0.717) is 0 Å². The van der Waals surface area contributed by atoms with E-state index in [9.17, 15) is 28.6 Å². The van der Waals surface area contributed by atoms with Crippen LogP contribution in [0.5, 0.6) is 0 Å². The molecule has 2 aromatic rings. The predicted molar refractivity (Wildman–Crippen MR) is 107 cm³/mol. The van der Waals surface area contributed by atoms with Gasteiger partial charge in [0.1, 0.15) is 11.8 Å². The Morgan fingerprint density at radius 2 is 1.79 bits per heavy atom. The molecule has 20 heteroatoms. The lowest BCUT2D eigenvalue weighted by molar-refractivity contribution is -0.0198. The van der Waals surface area contributed by atoms with Crippen molar-refractivity contribution in [3.8, 4) is 0 Å². The lowest BCUT2D eigenvalue weighted by atomic mass is 9.95. The van der Waals surface area contributed by atoms with Crippen molar-refractivity contribution in [1.82, 2.24) is 19.5 Å². The quantitative estimate of drug-likeness (QED) is 0.254. The van der Waals surface area contributed by atoms with E-state index in [1.807, 2.05) is 0 Å². The SMILES string of the molecule is C[C@@H]1[C@H](COP(=O)(O)OP(=O)(O)OP(=O)(O)O)[C@@H](O)[C@@](C)(F)[C@@H]1n1cnc2c(N)ncnc21. The number of aliphatic hydroxyl groups excluding tert-OH is 1. The zero-order valence-electron chi connectivity index (χ0n) is 16.9. The minimum atomic E-state index is -5.71. The molecule has 186 valence electrons. The molecule has 0 bridgehead atoms. The highest BCUT2D eigenvalue weighted by Crippen LogP contribution is 2.66. The van der Waals surface area contributed by atoms with E-state index >= 15 is 4.39 Å². The topological polar surface area (TPSA) is 250 Å². The van der Waals surface area contributed by atoms with Crippen molar-refractivity contribution >= 4 is 40.4 Å². The monoisotopic (exact) mass is 535 g/mol. The summed E-state index contributed by atoms with van der Waals surface area (Å²) in [6.07, 6.45) is 0.655. The molecule has 2 unspecified atom stereocenters. The molecule has 1 fully saturated rings. The number of anilines is 1. The van der Waals surface area contributed by atoms with Gasteiger partial charge in [0, 0.05) is 5.92 Å². The number of rotatable bonds is 8. The summed E-state index contributed by atoms with van der Waals surface area (Å²) in [7, 11) is -16.7. The van der Waals surface area contributed by atoms with Gasteiger partial charge in [-0.3, -0.25) is 4.52 Å². The maximum absolute atomic E-state index is 15.7. The maximum Gasteiger partial charge on any atom is 0.490 e. The summed E-state index contributed by atoms with van der Waals surface area (Å²) < 4.78 is 63.0. The van der Waals surface area contributed by atoms with Gasteiger partial charge >= 0.3 is 23.5 Å². The average Bonchev–Trinajstić information content (AvgIpc) is 3.09. The number of halogens is 1. The van der Waals surface area contributed by atoms with E-state index in [0.717, 1.165) is 13.3 Å². The first-order valence-corrected chi connectivity index (χ1v) is 13.6. The molecule has 0 amide bonds. The number of phosphoric ester groups is 1. The van der Waals surface area contributed by atoms with Crippen molar-refractivity contribution in [3.05, 3.63) is 12.7 Å². The Kier molecular flexibility index (Phi) is 6.92. The number of nitrogen functional groups attached to an aromatic ring is 1. The molecule has 16 nitrogen and oxygen atoms in total. The van der Waals surface area contributed by atoms with E-state index in [2.05, 4.69) is 28.1 Å². The van der Waals surface area contributed by atoms with E-state index in [4.69, 9.17) is 15.5 Å². The van der Waals surface area contributed by atoms with Gasteiger partial charge in [-0.05, 0) is 12.8 Å². The highest BCUT2D eigenvalue weighted by atomic mass is 31.3. The van der Waals surface area contributed by atoms with Crippen molar-refractivity contribution < 1.29 is 55.9 Å². The first kappa shape index (κ1) is 26.3. The summed E-state index contributed by atoms with van der Waals surface area (Å²) in [6.45, 7) is 1.77. The fourth-order valence-electron chi connectivity index (χ4n) is 3.95. The molecule has 2 aromatic heterocycles. The summed E-state index contributed by atoms with van der Waals surface area (Å²) in [6, 6.07) is -1.10. The van der Waals surface area contributed by atoms with Gasteiger partial charge in [-0.25, -0.2) is 33.0 Å². The van der Waals surface area contributed by atoms with Crippen LogP contribution >= 0.6 is 23.5 Å². The number of phosphoric acid groups is 3. The molecule has 7 N–H and O–H groups in total. The molecule has 1 saturated carbocycles. The van der Waals surface area contributed by atoms with Crippen molar-refractivity contribution in [3.63, 3.8) is 0 Å². The zero-order valence-corrected chi connectivity index (χ0v) is 19.6. The van der Waals surface area contributed by atoms with Crippen molar-refractivity contribution in [2.75, 3.05) is 12.3 Å². The van der Waals surface area contributed by atoms with Crippen LogP contribution in [0.1, 0.15) is 19.9 Å². The Morgan fingerprint density at radius 3 is 2.39 bits per heavy atom. The second-order valence-electron chi connectivity index (χ2n) is 7.53. The van der Waals surface area contributed by atoms with Gasteiger partial charge < -0.3 is 35.0 Å². The highest BCUT2D eigenvalue weighted by Gasteiger charge is 2.58. The Hall–Kier alpha value is -1.35. The number of imidazole rings is 1. The Labute approximate surface area is 185 Å². The molecule has 2 heterocycles. The third kappa shape index (κ3) is 5.50. The molecule has 0 aliphatic heterocycles. The molecule has 1 aliphatic carbocycles. The lowest BCUT2D eigenvalue weighted by Crippen LogP contribution is -2.39. The number of aliphatic hydroxyl groups is 1. The van der Waals surface area contributed by atoms with Gasteiger partial charge in [0.25, 0.3) is 0 Å². The molecule has 33 heavy (non-hydrogen) atoms. The van der Waals surface area contributed by atoms with E-state index in [1.54, 1.807) is 0 Å². The number of aromatic nitrogens is 4. The van der Waals surface area contributed by atoms with E-state index in [-0.39, 0.29) is 17.0 Å². The smallest absolute Gasteiger partial charge is 0.389 e. The van der Waals surface area contributed by atoms with Gasteiger partial charge in [0.05, 0.1) is 25.1 Å². The predicted octanol–water partition coefficient (Wildman–Crippen LogP) is 0.648. The van der Waals surface area contributed by atoms with Crippen LogP contribution in [0.15, 0.2) is 12.7 Å². The van der Waals surface area contributed by atoms with Crippen LogP contribution in [-0.2, 0) is 26.8 Å². The lowest BCUT2D eigenvalue weighted by Gasteiger charge is -2.28. The Morgan fingerprint density at radius 1 is 1.15 bits per heavy atom. The third-order valence-electron chi connectivity index (χ3n) is 5.27. The number of nitrogens with zero attached hydrogens (tertiary/aromatic N) is 4. The van der Waals surface area contributed by atoms with Crippen molar-refractivity contribution in [2.24, 2.45) is 11.8 Å². The minimum absolute atomic E-state index is 0.0507.